The standard InChI is InChI=1S/C14H19N3O2/c1-11(18)3-4-12-5-7-13(8-6-12)19-9-14-15-10-16-17(14)2/h5-8,10-11,18H,3-4,9H2,1-2H3. The van der Waals surface area contributed by atoms with Gasteiger partial charge in [0.2, 0.25) is 0 Å². The predicted molar refractivity (Wildman–Crippen MR) is 71.8 cm³/mol. The first-order chi connectivity index (χ1) is 9.15. The monoisotopic (exact) mass is 261 g/mol. The minimum absolute atomic E-state index is 0.258. The van der Waals surface area contributed by atoms with Crippen LogP contribution in [0.5, 0.6) is 5.75 Å². The van der Waals surface area contributed by atoms with Crippen molar-refractivity contribution in [3.05, 3.63) is 42.0 Å². The van der Waals surface area contributed by atoms with Crippen LogP contribution in [0.1, 0.15) is 24.7 Å². The SMILES string of the molecule is CC(O)CCc1ccc(OCc2ncnn2C)cc1. The van der Waals surface area contributed by atoms with Gasteiger partial charge in [-0.3, -0.25) is 4.68 Å². The fourth-order valence-electron chi connectivity index (χ4n) is 1.73. The van der Waals surface area contributed by atoms with E-state index in [1.807, 2.05) is 31.3 Å². The highest BCUT2D eigenvalue weighted by molar-refractivity contribution is 5.27. The topological polar surface area (TPSA) is 60.2 Å². The number of ether oxygens (including phenoxy) is 1. The molecule has 1 atom stereocenters. The van der Waals surface area contributed by atoms with E-state index in [0.29, 0.717) is 6.61 Å². The molecule has 102 valence electrons. The van der Waals surface area contributed by atoms with Crippen molar-refractivity contribution in [2.45, 2.75) is 32.5 Å². The number of hydrogen-bond acceptors (Lipinski definition) is 4. The molecule has 1 N–H and O–H groups in total. The summed E-state index contributed by atoms with van der Waals surface area (Å²) in [5.41, 5.74) is 1.20. The summed E-state index contributed by atoms with van der Waals surface area (Å²) in [6.07, 6.45) is 2.91. The smallest absolute Gasteiger partial charge is 0.164 e. The molecule has 19 heavy (non-hydrogen) atoms. The number of aliphatic hydroxyl groups excluding tert-OH is 1. The molecule has 1 unspecified atom stereocenters. The molecule has 0 radical (unpaired) electrons. The Labute approximate surface area is 112 Å². The van der Waals surface area contributed by atoms with E-state index < -0.39 is 0 Å². The fourth-order valence-corrected chi connectivity index (χ4v) is 1.73. The lowest BCUT2D eigenvalue weighted by molar-refractivity contribution is 0.185. The molecule has 5 nitrogen and oxygen atoms in total. The number of aliphatic hydroxyl groups is 1. The third-order valence-electron chi connectivity index (χ3n) is 2.95. The van der Waals surface area contributed by atoms with Crippen LogP contribution in [-0.2, 0) is 20.1 Å². The Morgan fingerprint density at radius 3 is 2.63 bits per heavy atom. The van der Waals surface area contributed by atoms with Crippen molar-refractivity contribution >= 4 is 0 Å². The predicted octanol–water partition coefficient (Wildman–Crippen LogP) is 1.71. The molecular formula is C14H19N3O2. The molecule has 1 heterocycles. The first kappa shape index (κ1) is 13.5. The summed E-state index contributed by atoms with van der Waals surface area (Å²) in [7, 11) is 1.84. The van der Waals surface area contributed by atoms with Crippen molar-refractivity contribution in [1.82, 2.24) is 14.8 Å². The fraction of sp³-hybridized carbons (Fsp3) is 0.429. The summed E-state index contributed by atoms with van der Waals surface area (Å²) in [6, 6.07) is 7.92. The van der Waals surface area contributed by atoms with E-state index in [4.69, 9.17) is 4.74 Å². The third-order valence-corrected chi connectivity index (χ3v) is 2.95. The number of aromatic nitrogens is 3. The molecule has 1 aromatic heterocycles. The maximum atomic E-state index is 9.24. The van der Waals surface area contributed by atoms with Crippen LogP contribution in [0.25, 0.3) is 0 Å². The number of aryl methyl sites for hydroxylation is 2. The van der Waals surface area contributed by atoms with Crippen LogP contribution in [-0.4, -0.2) is 26.0 Å². The largest absolute Gasteiger partial charge is 0.486 e. The summed E-state index contributed by atoms with van der Waals surface area (Å²) in [5.74, 6) is 1.60. The zero-order valence-corrected chi connectivity index (χ0v) is 11.3. The Bertz CT molecular complexity index is 506. The van der Waals surface area contributed by atoms with Crippen molar-refractivity contribution in [2.75, 3.05) is 0 Å². The molecule has 2 rings (SSSR count). The van der Waals surface area contributed by atoms with Crippen LogP contribution < -0.4 is 4.74 Å². The highest BCUT2D eigenvalue weighted by Crippen LogP contribution is 2.15. The first-order valence-electron chi connectivity index (χ1n) is 6.38. The van der Waals surface area contributed by atoms with Crippen molar-refractivity contribution in [2.24, 2.45) is 7.05 Å². The summed E-state index contributed by atoms with van der Waals surface area (Å²) in [6.45, 7) is 2.21. The molecule has 0 spiro atoms. The van der Waals surface area contributed by atoms with Crippen molar-refractivity contribution in [3.8, 4) is 5.75 Å². The molecule has 5 heteroatoms. The van der Waals surface area contributed by atoms with Crippen LogP contribution in [0.2, 0.25) is 0 Å². The lowest BCUT2D eigenvalue weighted by Gasteiger charge is -2.07. The molecule has 2 aromatic rings. The lowest BCUT2D eigenvalue weighted by atomic mass is 10.1. The Kier molecular flexibility index (Phi) is 4.52. The number of nitrogens with zero attached hydrogens (tertiary/aromatic N) is 3. The van der Waals surface area contributed by atoms with Crippen molar-refractivity contribution < 1.29 is 9.84 Å². The molecule has 0 bridgehead atoms. The van der Waals surface area contributed by atoms with E-state index >= 15 is 0 Å². The number of hydrogen-bond donors (Lipinski definition) is 1. The van der Waals surface area contributed by atoms with Gasteiger partial charge in [0.1, 0.15) is 18.7 Å². The van der Waals surface area contributed by atoms with E-state index in [1.54, 1.807) is 11.6 Å². The van der Waals surface area contributed by atoms with E-state index in [2.05, 4.69) is 10.1 Å². The second kappa shape index (κ2) is 6.33. The van der Waals surface area contributed by atoms with Crippen LogP contribution in [0.4, 0.5) is 0 Å². The van der Waals surface area contributed by atoms with Crippen LogP contribution >= 0.6 is 0 Å². The Balaban J connectivity index is 1.86. The average molecular weight is 261 g/mol. The molecule has 0 saturated carbocycles. The minimum Gasteiger partial charge on any atom is -0.486 e. The third kappa shape index (κ3) is 4.06. The van der Waals surface area contributed by atoms with Gasteiger partial charge < -0.3 is 9.84 Å². The second-order valence-corrected chi connectivity index (χ2v) is 4.62. The average Bonchev–Trinajstić information content (AvgIpc) is 2.81. The van der Waals surface area contributed by atoms with E-state index in [1.165, 1.54) is 11.9 Å². The van der Waals surface area contributed by atoms with Crippen LogP contribution in [0.3, 0.4) is 0 Å². The van der Waals surface area contributed by atoms with Crippen LogP contribution in [0, 0.1) is 0 Å². The molecule has 0 aliphatic rings. The maximum absolute atomic E-state index is 9.24. The number of rotatable bonds is 6. The van der Waals surface area contributed by atoms with Gasteiger partial charge in [0, 0.05) is 7.05 Å². The van der Waals surface area contributed by atoms with Gasteiger partial charge in [-0.05, 0) is 37.5 Å². The quantitative estimate of drug-likeness (QED) is 0.860. The molecular weight excluding hydrogens is 242 g/mol. The van der Waals surface area contributed by atoms with Gasteiger partial charge in [0.15, 0.2) is 5.82 Å². The van der Waals surface area contributed by atoms with Crippen molar-refractivity contribution in [1.29, 1.82) is 0 Å². The van der Waals surface area contributed by atoms with Crippen molar-refractivity contribution in [3.63, 3.8) is 0 Å². The Morgan fingerprint density at radius 1 is 1.32 bits per heavy atom. The van der Waals surface area contributed by atoms with Crippen LogP contribution in [0.15, 0.2) is 30.6 Å². The zero-order valence-electron chi connectivity index (χ0n) is 11.3. The highest BCUT2D eigenvalue weighted by atomic mass is 16.5. The van der Waals surface area contributed by atoms with E-state index in [0.717, 1.165) is 24.4 Å². The van der Waals surface area contributed by atoms with Gasteiger partial charge in [-0.25, -0.2) is 4.98 Å². The molecule has 0 aliphatic heterocycles. The second-order valence-electron chi connectivity index (χ2n) is 4.62. The van der Waals surface area contributed by atoms with Gasteiger partial charge in [0.05, 0.1) is 6.10 Å². The summed E-state index contributed by atoms with van der Waals surface area (Å²) in [4.78, 5) is 4.10. The Hall–Kier alpha value is -1.88. The van der Waals surface area contributed by atoms with Gasteiger partial charge in [0.25, 0.3) is 0 Å². The molecule has 1 aromatic carbocycles. The maximum Gasteiger partial charge on any atom is 0.164 e. The van der Waals surface area contributed by atoms with Gasteiger partial charge in [-0.1, -0.05) is 12.1 Å². The number of benzene rings is 1. The summed E-state index contributed by atoms with van der Waals surface area (Å²) < 4.78 is 7.33. The minimum atomic E-state index is -0.258. The highest BCUT2D eigenvalue weighted by Gasteiger charge is 2.02. The van der Waals surface area contributed by atoms with Gasteiger partial charge in [-0.15, -0.1) is 0 Å². The van der Waals surface area contributed by atoms with Gasteiger partial charge >= 0.3 is 0 Å². The normalized spacial score (nSPS) is 12.4. The Morgan fingerprint density at radius 2 is 2.05 bits per heavy atom. The summed E-state index contributed by atoms with van der Waals surface area (Å²) >= 11 is 0. The van der Waals surface area contributed by atoms with Gasteiger partial charge in [-0.2, -0.15) is 5.10 Å². The molecule has 0 saturated heterocycles. The summed E-state index contributed by atoms with van der Waals surface area (Å²) in [5, 5.41) is 13.2. The zero-order chi connectivity index (χ0) is 13.7. The molecule has 0 fully saturated rings. The van der Waals surface area contributed by atoms with E-state index in [9.17, 15) is 5.11 Å². The van der Waals surface area contributed by atoms with E-state index in [-0.39, 0.29) is 6.10 Å². The molecule has 0 aliphatic carbocycles. The molecule has 0 amide bonds. The lowest BCUT2D eigenvalue weighted by Crippen LogP contribution is -2.04. The first-order valence-corrected chi connectivity index (χ1v) is 6.38.